The topological polar surface area (TPSA) is 58.6 Å². The highest BCUT2D eigenvalue weighted by Gasteiger charge is 2.28. The Morgan fingerprint density at radius 2 is 1.62 bits per heavy atom. The molecule has 1 aliphatic rings. The fraction of sp³-hybridized carbons (Fsp3) is 0.333. The zero-order valence-electron chi connectivity index (χ0n) is 15.0. The number of benzene rings is 2. The van der Waals surface area contributed by atoms with Crippen molar-refractivity contribution in [2.75, 3.05) is 20.2 Å². The van der Waals surface area contributed by atoms with Crippen molar-refractivity contribution in [1.29, 1.82) is 0 Å². The van der Waals surface area contributed by atoms with Gasteiger partial charge in [-0.1, -0.05) is 30.3 Å². The summed E-state index contributed by atoms with van der Waals surface area (Å²) in [6, 6.07) is 15.6. The fourth-order valence-corrected chi connectivity index (χ4v) is 3.19. The van der Waals surface area contributed by atoms with E-state index >= 15 is 0 Å². The first-order chi connectivity index (χ1) is 12.7. The van der Waals surface area contributed by atoms with Crippen LogP contribution in [0.3, 0.4) is 0 Å². The summed E-state index contributed by atoms with van der Waals surface area (Å²) in [4.78, 5) is 27.6. The Hall–Kier alpha value is -2.82. The number of amides is 2. The van der Waals surface area contributed by atoms with E-state index in [0.717, 1.165) is 37.9 Å². The van der Waals surface area contributed by atoms with Gasteiger partial charge in [-0.2, -0.15) is 0 Å². The number of hydrogen-bond acceptors (Lipinski definition) is 3. The first-order valence-electron chi connectivity index (χ1n) is 8.97. The second-order valence-corrected chi connectivity index (χ2v) is 6.43. The van der Waals surface area contributed by atoms with E-state index < -0.39 is 6.04 Å². The lowest BCUT2D eigenvalue weighted by atomic mass is 10.0. The van der Waals surface area contributed by atoms with Crippen LogP contribution < -0.4 is 10.1 Å². The number of ether oxygens (including phenoxy) is 1. The van der Waals surface area contributed by atoms with Gasteiger partial charge in [0.15, 0.2) is 0 Å². The van der Waals surface area contributed by atoms with Crippen molar-refractivity contribution in [3.8, 4) is 5.75 Å². The van der Waals surface area contributed by atoms with E-state index in [4.69, 9.17) is 4.74 Å². The Morgan fingerprint density at radius 3 is 2.23 bits per heavy atom. The van der Waals surface area contributed by atoms with Gasteiger partial charge in [-0.15, -0.1) is 0 Å². The number of piperidine rings is 1. The van der Waals surface area contributed by atoms with Gasteiger partial charge in [-0.3, -0.25) is 9.59 Å². The van der Waals surface area contributed by atoms with Gasteiger partial charge in [0.2, 0.25) is 5.91 Å². The van der Waals surface area contributed by atoms with E-state index in [1.165, 1.54) is 0 Å². The smallest absolute Gasteiger partial charge is 0.252 e. The maximum absolute atomic E-state index is 13.1. The second kappa shape index (κ2) is 8.52. The third-order valence-corrected chi connectivity index (χ3v) is 4.68. The quantitative estimate of drug-likeness (QED) is 0.899. The molecule has 1 N–H and O–H groups in total. The first-order valence-corrected chi connectivity index (χ1v) is 8.97. The van der Waals surface area contributed by atoms with E-state index in [1.54, 1.807) is 31.4 Å². The van der Waals surface area contributed by atoms with Gasteiger partial charge in [0.1, 0.15) is 11.8 Å². The third-order valence-electron chi connectivity index (χ3n) is 4.68. The zero-order chi connectivity index (χ0) is 18.4. The average Bonchev–Trinajstić information content (AvgIpc) is 2.72. The van der Waals surface area contributed by atoms with Gasteiger partial charge in [0.05, 0.1) is 7.11 Å². The minimum Gasteiger partial charge on any atom is -0.497 e. The molecule has 1 heterocycles. The Kier molecular flexibility index (Phi) is 5.89. The number of carbonyl (C=O) groups excluding carboxylic acids is 2. The molecule has 136 valence electrons. The van der Waals surface area contributed by atoms with Crippen LogP contribution in [0.4, 0.5) is 0 Å². The molecule has 2 amide bonds. The van der Waals surface area contributed by atoms with Crippen LogP contribution in [0.2, 0.25) is 0 Å². The van der Waals surface area contributed by atoms with Crippen LogP contribution in [-0.4, -0.2) is 36.9 Å². The van der Waals surface area contributed by atoms with E-state index in [0.29, 0.717) is 11.3 Å². The lowest BCUT2D eigenvalue weighted by Gasteiger charge is -2.31. The van der Waals surface area contributed by atoms with Gasteiger partial charge < -0.3 is 15.0 Å². The second-order valence-electron chi connectivity index (χ2n) is 6.43. The molecule has 0 radical (unpaired) electrons. The van der Waals surface area contributed by atoms with Crippen molar-refractivity contribution in [3.63, 3.8) is 0 Å². The Labute approximate surface area is 154 Å². The summed E-state index contributed by atoms with van der Waals surface area (Å²) >= 11 is 0. The summed E-state index contributed by atoms with van der Waals surface area (Å²) in [5.74, 6) is 0.371. The Morgan fingerprint density at radius 1 is 0.962 bits per heavy atom. The lowest BCUT2D eigenvalue weighted by Crippen LogP contribution is -2.45. The highest BCUT2D eigenvalue weighted by molar-refractivity contribution is 5.98. The molecular formula is C21H24N2O3. The maximum Gasteiger partial charge on any atom is 0.252 e. The molecule has 5 nitrogen and oxygen atoms in total. The van der Waals surface area contributed by atoms with Gasteiger partial charge in [0.25, 0.3) is 5.91 Å². The van der Waals surface area contributed by atoms with E-state index in [1.807, 2.05) is 35.2 Å². The molecule has 1 saturated heterocycles. The van der Waals surface area contributed by atoms with Crippen LogP contribution in [0.25, 0.3) is 0 Å². The van der Waals surface area contributed by atoms with Crippen LogP contribution in [0.1, 0.15) is 41.2 Å². The van der Waals surface area contributed by atoms with Crippen LogP contribution in [0, 0.1) is 0 Å². The number of rotatable bonds is 5. The number of hydrogen-bond donors (Lipinski definition) is 1. The Balaban J connectivity index is 1.80. The zero-order valence-corrected chi connectivity index (χ0v) is 15.0. The first kappa shape index (κ1) is 18.0. The summed E-state index contributed by atoms with van der Waals surface area (Å²) in [7, 11) is 1.58. The summed E-state index contributed by atoms with van der Waals surface area (Å²) in [5, 5.41) is 2.91. The van der Waals surface area contributed by atoms with Crippen LogP contribution in [0.5, 0.6) is 5.75 Å². The van der Waals surface area contributed by atoms with E-state index in [-0.39, 0.29) is 11.8 Å². The molecule has 1 aliphatic heterocycles. The molecule has 1 fully saturated rings. The minimum atomic E-state index is -0.677. The number of likely N-dealkylation sites (tertiary alicyclic amines) is 1. The van der Waals surface area contributed by atoms with Crippen molar-refractivity contribution in [1.82, 2.24) is 10.2 Å². The molecule has 0 saturated carbocycles. The van der Waals surface area contributed by atoms with E-state index in [2.05, 4.69) is 5.32 Å². The van der Waals surface area contributed by atoms with Crippen molar-refractivity contribution in [3.05, 3.63) is 65.7 Å². The van der Waals surface area contributed by atoms with Crippen molar-refractivity contribution in [2.45, 2.75) is 25.3 Å². The van der Waals surface area contributed by atoms with Gasteiger partial charge in [-0.25, -0.2) is 0 Å². The maximum atomic E-state index is 13.1. The standard InChI is InChI=1S/C21H24N2O3/c1-26-18-12-10-17(11-13-18)20(24)22-19(16-8-4-2-5-9-16)21(25)23-14-6-3-7-15-23/h2,4-5,8-13,19H,3,6-7,14-15H2,1H3,(H,22,24)/t19-/m0/s1. The highest BCUT2D eigenvalue weighted by atomic mass is 16.5. The van der Waals surface area contributed by atoms with Crippen molar-refractivity contribution >= 4 is 11.8 Å². The number of methoxy groups -OCH3 is 1. The van der Waals surface area contributed by atoms with Crippen LogP contribution >= 0.6 is 0 Å². The van der Waals surface area contributed by atoms with Gasteiger partial charge >= 0.3 is 0 Å². The summed E-state index contributed by atoms with van der Waals surface area (Å²) in [5.41, 5.74) is 1.29. The largest absolute Gasteiger partial charge is 0.497 e. The molecule has 5 heteroatoms. The SMILES string of the molecule is COc1ccc(C(=O)N[C@H](C(=O)N2CCCCC2)c2ccccc2)cc1. The predicted molar refractivity (Wildman–Crippen MR) is 100 cm³/mol. The van der Waals surface area contributed by atoms with Crippen molar-refractivity contribution in [2.24, 2.45) is 0 Å². The average molecular weight is 352 g/mol. The molecule has 26 heavy (non-hydrogen) atoms. The summed E-state index contributed by atoms with van der Waals surface area (Å²) < 4.78 is 5.12. The molecule has 0 unspecified atom stereocenters. The molecule has 1 atom stereocenters. The molecule has 0 spiro atoms. The molecule has 3 rings (SSSR count). The number of nitrogens with one attached hydrogen (secondary N) is 1. The fourth-order valence-electron chi connectivity index (χ4n) is 3.19. The van der Waals surface area contributed by atoms with Gasteiger partial charge in [-0.05, 0) is 49.1 Å². The minimum absolute atomic E-state index is 0.0437. The summed E-state index contributed by atoms with van der Waals surface area (Å²) in [6.45, 7) is 1.50. The molecule has 0 aliphatic carbocycles. The third kappa shape index (κ3) is 4.23. The predicted octanol–water partition coefficient (Wildman–Crippen LogP) is 3.18. The molecule has 2 aromatic carbocycles. The molecule has 0 bridgehead atoms. The molecule has 2 aromatic rings. The summed E-state index contributed by atoms with van der Waals surface area (Å²) in [6.07, 6.45) is 3.18. The van der Waals surface area contributed by atoms with Crippen molar-refractivity contribution < 1.29 is 14.3 Å². The molecular weight excluding hydrogens is 328 g/mol. The van der Waals surface area contributed by atoms with Crippen LogP contribution in [-0.2, 0) is 4.79 Å². The van der Waals surface area contributed by atoms with E-state index in [9.17, 15) is 9.59 Å². The lowest BCUT2D eigenvalue weighted by molar-refractivity contribution is -0.134. The number of carbonyl (C=O) groups is 2. The normalized spacial score (nSPS) is 15.2. The monoisotopic (exact) mass is 352 g/mol. The highest BCUT2D eigenvalue weighted by Crippen LogP contribution is 2.20. The molecule has 0 aromatic heterocycles. The van der Waals surface area contributed by atoms with Crippen LogP contribution in [0.15, 0.2) is 54.6 Å². The number of nitrogens with zero attached hydrogens (tertiary/aromatic N) is 1. The van der Waals surface area contributed by atoms with Gasteiger partial charge in [0, 0.05) is 18.7 Å². The Bertz CT molecular complexity index is 738.